The van der Waals surface area contributed by atoms with Crippen LogP contribution in [0.25, 0.3) is 0 Å². The summed E-state index contributed by atoms with van der Waals surface area (Å²) in [7, 11) is 0. The van der Waals surface area contributed by atoms with Gasteiger partial charge in [0, 0.05) is 12.0 Å². The van der Waals surface area contributed by atoms with Crippen LogP contribution in [0, 0.1) is 6.92 Å². The molecule has 0 radical (unpaired) electrons. The van der Waals surface area contributed by atoms with E-state index in [1.807, 2.05) is 31.2 Å². The molecule has 0 saturated carbocycles. The van der Waals surface area contributed by atoms with E-state index < -0.39 is 6.10 Å². The normalized spacial score (nSPS) is 17.9. The molecule has 1 atom stereocenters. The molecule has 3 nitrogen and oxygen atoms in total. The van der Waals surface area contributed by atoms with Gasteiger partial charge in [-0.05, 0) is 50.1 Å². The first-order valence-electron chi connectivity index (χ1n) is 6.49. The van der Waals surface area contributed by atoms with Gasteiger partial charge in [0.15, 0.2) is 0 Å². The van der Waals surface area contributed by atoms with Crippen LogP contribution in [-0.2, 0) is 6.42 Å². The van der Waals surface area contributed by atoms with Gasteiger partial charge < -0.3 is 14.3 Å². The second-order valence-corrected chi connectivity index (χ2v) is 5.80. The fourth-order valence-corrected chi connectivity index (χ4v) is 2.60. The Labute approximate surface area is 112 Å². The molecule has 1 aliphatic heterocycles. The number of rotatable bonds is 2. The summed E-state index contributed by atoms with van der Waals surface area (Å²) < 4.78 is 11.1. The number of aliphatic hydroxyl groups is 1. The Balaban J connectivity index is 1.92. The Morgan fingerprint density at radius 3 is 2.68 bits per heavy atom. The van der Waals surface area contributed by atoms with Gasteiger partial charge in [-0.15, -0.1) is 0 Å². The van der Waals surface area contributed by atoms with E-state index in [9.17, 15) is 5.11 Å². The van der Waals surface area contributed by atoms with Gasteiger partial charge >= 0.3 is 0 Å². The molecule has 0 saturated heterocycles. The predicted molar refractivity (Wildman–Crippen MR) is 72.4 cm³/mol. The highest BCUT2D eigenvalue weighted by atomic mass is 16.5. The molecule has 0 bridgehead atoms. The third-order valence-electron chi connectivity index (χ3n) is 3.47. The van der Waals surface area contributed by atoms with Crippen molar-refractivity contribution in [2.24, 2.45) is 0 Å². The highest BCUT2D eigenvalue weighted by molar-refractivity contribution is 5.44. The van der Waals surface area contributed by atoms with Crippen molar-refractivity contribution in [1.82, 2.24) is 0 Å². The molecule has 1 N–H and O–H groups in total. The predicted octanol–water partition coefficient (Wildman–Crippen LogP) is 3.38. The zero-order chi connectivity index (χ0) is 13.6. The van der Waals surface area contributed by atoms with E-state index in [-0.39, 0.29) is 5.60 Å². The van der Waals surface area contributed by atoms with Crippen LogP contribution < -0.4 is 4.74 Å². The van der Waals surface area contributed by atoms with Gasteiger partial charge in [-0.25, -0.2) is 0 Å². The van der Waals surface area contributed by atoms with Gasteiger partial charge in [-0.1, -0.05) is 6.07 Å². The third-order valence-corrected chi connectivity index (χ3v) is 3.47. The number of ether oxygens (including phenoxy) is 1. The monoisotopic (exact) mass is 258 g/mol. The highest BCUT2D eigenvalue weighted by Crippen LogP contribution is 2.37. The number of aryl methyl sites for hydroxylation is 1. The zero-order valence-corrected chi connectivity index (χ0v) is 11.4. The molecule has 2 heterocycles. The number of aliphatic hydroxyl groups excluding tert-OH is 1. The van der Waals surface area contributed by atoms with Crippen molar-refractivity contribution >= 4 is 0 Å². The zero-order valence-electron chi connectivity index (χ0n) is 11.4. The van der Waals surface area contributed by atoms with Crippen LogP contribution in [0.5, 0.6) is 5.75 Å². The van der Waals surface area contributed by atoms with Crippen LogP contribution >= 0.6 is 0 Å². The van der Waals surface area contributed by atoms with Crippen molar-refractivity contribution in [1.29, 1.82) is 0 Å². The van der Waals surface area contributed by atoms with Crippen LogP contribution in [0.15, 0.2) is 34.9 Å². The molecule has 1 aromatic heterocycles. The minimum atomic E-state index is -0.647. The molecular weight excluding hydrogens is 240 g/mol. The molecule has 1 unspecified atom stereocenters. The minimum Gasteiger partial charge on any atom is -0.487 e. The van der Waals surface area contributed by atoms with Gasteiger partial charge in [0.25, 0.3) is 0 Å². The molecule has 3 heteroatoms. The maximum atomic E-state index is 10.4. The Morgan fingerprint density at radius 1 is 1.21 bits per heavy atom. The summed E-state index contributed by atoms with van der Waals surface area (Å²) in [6, 6.07) is 7.73. The van der Waals surface area contributed by atoms with E-state index in [0.29, 0.717) is 0 Å². The standard InChI is InChI=1S/C16H18O3/c1-10-6-13(9-18-10)15(17)11-4-5-14-12(7-11)8-16(2,3)19-14/h4-7,9,15,17H,8H2,1-3H3. The van der Waals surface area contributed by atoms with Crippen LogP contribution in [0.2, 0.25) is 0 Å². The number of hydrogen-bond donors (Lipinski definition) is 1. The van der Waals surface area contributed by atoms with Gasteiger partial charge in [0.05, 0.1) is 6.26 Å². The van der Waals surface area contributed by atoms with Crippen molar-refractivity contribution < 1.29 is 14.3 Å². The summed E-state index contributed by atoms with van der Waals surface area (Å²) in [5.41, 5.74) is 2.66. The second kappa shape index (κ2) is 4.14. The van der Waals surface area contributed by atoms with Crippen LogP contribution in [0.1, 0.15) is 42.4 Å². The van der Waals surface area contributed by atoms with Gasteiger partial charge in [-0.2, -0.15) is 0 Å². The third kappa shape index (κ3) is 2.26. The van der Waals surface area contributed by atoms with Crippen LogP contribution in [0.3, 0.4) is 0 Å². The average molecular weight is 258 g/mol. The summed E-state index contributed by atoms with van der Waals surface area (Å²) in [6.07, 6.45) is 1.83. The summed E-state index contributed by atoms with van der Waals surface area (Å²) in [4.78, 5) is 0. The van der Waals surface area contributed by atoms with E-state index in [1.165, 1.54) is 0 Å². The smallest absolute Gasteiger partial charge is 0.123 e. The molecule has 2 aromatic rings. The van der Waals surface area contributed by atoms with Crippen molar-refractivity contribution in [3.05, 3.63) is 53.0 Å². The number of furan rings is 1. The quantitative estimate of drug-likeness (QED) is 0.898. The van der Waals surface area contributed by atoms with Crippen molar-refractivity contribution in [2.75, 3.05) is 0 Å². The van der Waals surface area contributed by atoms with Gasteiger partial charge in [-0.3, -0.25) is 0 Å². The molecule has 0 aliphatic carbocycles. The first kappa shape index (κ1) is 12.3. The number of benzene rings is 1. The average Bonchev–Trinajstić information content (AvgIpc) is 2.88. The summed E-state index contributed by atoms with van der Waals surface area (Å²) >= 11 is 0. The molecule has 0 fully saturated rings. The lowest BCUT2D eigenvalue weighted by atomic mass is 9.97. The fraction of sp³-hybridized carbons (Fsp3) is 0.375. The molecule has 3 rings (SSSR count). The summed E-state index contributed by atoms with van der Waals surface area (Å²) in [5.74, 6) is 1.73. The van der Waals surface area contributed by atoms with E-state index in [1.54, 1.807) is 6.26 Å². The Bertz CT molecular complexity index is 610. The lowest BCUT2D eigenvalue weighted by Crippen LogP contribution is -2.24. The second-order valence-electron chi connectivity index (χ2n) is 5.80. The van der Waals surface area contributed by atoms with Crippen LogP contribution in [0.4, 0.5) is 0 Å². The maximum absolute atomic E-state index is 10.4. The van der Waals surface area contributed by atoms with Crippen molar-refractivity contribution in [3.8, 4) is 5.75 Å². The van der Waals surface area contributed by atoms with E-state index in [0.717, 1.165) is 34.6 Å². The minimum absolute atomic E-state index is 0.155. The first-order chi connectivity index (χ1) is 8.94. The molecule has 1 aromatic carbocycles. The number of fused-ring (bicyclic) bond motifs is 1. The first-order valence-corrected chi connectivity index (χ1v) is 6.49. The SMILES string of the molecule is Cc1cc(C(O)c2ccc3c(c2)CC(C)(C)O3)co1. The molecule has 0 spiro atoms. The molecular formula is C16H18O3. The lowest BCUT2D eigenvalue weighted by molar-refractivity contribution is 0.138. The number of hydrogen-bond acceptors (Lipinski definition) is 3. The largest absolute Gasteiger partial charge is 0.487 e. The molecule has 0 amide bonds. The molecule has 100 valence electrons. The van der Waals surface area contributed by atoms with Crippen molar-refractivity contribution in [3.63, 3.8) is 0 Å². The topological polar surface area (TPSA) is 42.6 Å². The summed E-state index contributed by atoms with van der Waals surface area (Å²) in [6.45, 7) is 6.01. The van der Waals surface area contributed by atoms with Crippen LogP contribution in [-0.4, -0.2) is 10.7 Å². The van der Waals surface area contributed by atoms with E-state index in [2.05, 4.69) is 13.8 Å². The Hall–Kier alpha value is -1.74. The molecule has 19 heavy (non-hydrogen) atoms. The Kier molecular flexibility index (Phi) is 2.68. The molecule has 1 aliphatic rings. The lowest BCUT2D eigenvalue weighted by Gasteiger charge is -2.16. The van der Waals surface area contributed by atoms with Crippen molar-refractivity contribution in [2.45, 2.75) is 38.9 Å². The Morgan fingerprint density at radius 2 is 2.00 bits per heavy atom. The van der Waals surface area contributed by atoms with Gasteiger partial charge in [0.1, 0.15) is 23.2 Å². The van der Waals surface area contributed by atoms with E-state index in [4.69, 9.17) is 9.15 Å². The summed E-state index contributed by atoms with van der Waals surface area (Å²) in [5, 5.41) is 10.4. The highest BCUT2D eigenvalue weighted by Gasteiger charge is 2.30. The van der Waals surface area contributed by atoms with E-state index >= 15 is 0 Å². The fourth-order valence-electron chi connectivity index (χ4n) is 2.60. The van der Waals surface area contributed by atoms with Gasteiger partial charge in [0.2, 0.25) is 0 Å². The maximum Gasteiger partial charge on any atom is 0.123 e.